The van der Waals surface area contributed by atoms with E-state index in [4.69, 9.17) is 4.74 Å². The van der Waals surface area contributed by atoms with Crippen molar-refractivity contribution in [2.24, 2.45) is 5.92 Å². The molecule has 1 saturated carbocycles. The number of nitrogens with one attached hydrogen (secondary N) is 1. The number of aromatic nitrogens is 1. The molecule has 174 valence electrons. The summed E-state index contributed by atoms with van der Waals surface area (Å²) in [6.45, 7) is 4.92. The van der Waals surface area contributed by atoms with Crippen LogP contribution in [0.4, 0.5) is 0 Å². The third-order valence-corrected chi connectivity index (χ3v) is 8.26. The Morgan fingerprint density at radius 1 is 1.21 bits per heavy atom. The second kappa shape index (κ2) is 8.52. The number of nitrogens with zero attached hydrogens (tertiary/aromatic N) is 2. The molecular weight excluding hydrogens is 434 g/mol. The highest BCUT2D eigenvalue weighted by Gasteiger charge is 2.48. The number of carbonyl (C=O) groups excluding carboxylic acids is 2. The molecule has 0 radical (unpaired) electrons. The summed E-state index contributed by atoms with van der Waals surface area (Å²) < 4.78 is 8.64. The van der Waals surface area contributed by atoms with Crippen molar-refractivity contribution in [3.63, 3.8) is 0 Å². The van der Waals surface area contributed by atoms with E-state index in [0.717, 1.165) is 47.2 Å². The zero-order valence-corrected chi connectivity index (χ0v) is 20.3. The average molecular weight is 466 g/mol. The van der Waals surface area contributed by atoms with E-state index < -0.39 is 5.54 Å². The van der Waals surface area contributed by atoms with Crippen molar-refractivity contribution in [2.45, 2.75) is 64.2 Å². The summed E-state index contributed by atoms with van der Waals surface area (Å²) in [5.41, 5.74) is 1.54. The van der Waals surface area contributed by atoms with Gasteiger partial charge in [-0.1, -0.05) is 25.1 Å². The van der Waals surface area contributed by atoms with E-state index in [9.17, 15) is 9.59 Å². The van der Waals surface area contributed by atoms with Crippen LogP contribution in [0.25, 0.3) is 10.2 Å². The molecule has 1 atom stereocenters. The maximum Gasteiger partial charge on any atom is 0.271 e. The zero-order valence-electron chi connectivity index (χ0n) is 19.5. The summed E-state index contributed by atoms with van der Waals surface area (Å²) >= 11 is 1.62. The molecular formula is C26H31N3O3S. The molecule has 0 unspecified atom stereocenters. The Balaban J connectivity index is 1.52. The standard InChI is InChI=1S/C26H31N3O3S/c1-17-8-10-19(11-9-17)27-25(31)26(2)16-28-20-12-13-33-23(20)14-21(28)24(30)29(26)15-18-6-4-5-7-22(18)32-3/h4-7,12-14,17,19H,8-11,15-16H2,1-3H3,(H,27,31)/t17?,19?,26-/m1/s1. The molecule has 1 aliphatic heterocycles. The van der Waals surface area contributed by atoms with Gasteiger partial charge in [0.1, 0.15) is 17.0 Å². The van der Waals surface area contributed by atoms with E-state index in [-0.39, 0.29) is 17.9 Å². The summed E-state index contributed by atoms with van der Waals surface area (Å²) in [4.78, 5) is 29.4. The van der Waals surface area contributed by atoms with E-state index in [1.165, 1.54) is 0 Å². The van der Waals surface area contributed by atoms with Crippen LogP contribution in [-0.2, 0) is 17.9 Å². The first-order chi connectivity index (χ1) is 15.9. The van der Waals surface area contributed by atoms with Gasteiger partial charge in [0.25, 0.3) is 5.91 Å². The Hall–Kier alpha value is -2.80. The Morgan fingerprint density at radius 2 is 1.97 bits per heavy atom. The molecule has 0 bridgehead atoms. The highest BCUT2D eigenvalue weighted by atomic mass is 32.1. The lowest BCUT2D eigenvalue weighted by Gasteiger charge is -2.45. The number of rotatable bonds is 5. The molecule has 0 saturated heterocycles. The van der Waals surface area contributed by atoms with Crippen LogP contribution in [-0.4, -0.2) is 40.0 Å². The molecule has 2 aliphatic rings. The number of carbonyl (C=O) groups is 2. The normalized spacial score (nSPS) is 25.2. The van der Waals surface area contributed by atoms with Gasteiger partial charge in [0.05, 0.1) is 30.4 Å². The van der Waals surface area contributed by atoms with Crippen molar-refractivity contribution >= 4 is 33.4 Å². The minimum atomic E-state index is -1.01. The first-order valence-electron chi connectivity index (χ1n) is 11.7. The van der Waals surface area contributed by atoms with Gasteiger partial charge in [-0.25, -0.2) is 0 Å². The second-order valence-corrected chi connectivity index (χ2v) is 10.6. The van der Waals surface area contributed by atoms with E-state index >= 15 is 0 Å². The monoisotopic (exact) mass is 465 g/mol. The first kappa shape index (κ1) is 22.0. The predicted molar refractivity (Wildman–Crippen MR) is 131 cm³/mol. The summed E-state index contributed by atoms with van der Waals surface area (Å²) in [6, 6.07) is 11.9. The van der Waals surface area contributed by atoms with Crippen LogP contribution < -0.4 is 10.1 Å². The lowest BCUT2D eigenvalue weighted by atomic mass is 9.86. The van der Waals surface area contributed by atoms with E-state index in [1.807, 2.05) is 53.3 Å². The molecule has 3 heterocycles. The molecule has 2 aromatic heterocycles. The van der Waals surface area contributed by atoms with Crippen LogP contribution in [0.15, 0.2) is 41.8 Å². The topological polar surface area (TPSA) is 63.6 Å². The number of amides is 2. The third-order valence-electron chi connectivity index (χ3n) is 7.41. The fourth-order valence-electron chi connectivity index (χ4n) is 5.27. The number of fused-ring (bicyclic) bond motifs is 3. The predicted octanol–water partition coefficient (Wildman–Crippen LogP) is 4.82. The molecule has 1 N–H and O–H groups in total. The summed E-state index contributed by atoms with van der Waals surface area (Å²) in [7, 11) is 1.63. The van der Waals surface area contributed by atoms with Gasteiger partial charge in [0.2, 0.25) is 5.91 Å². The SMILES string of the molecule is COc1ccccc1CN1C(=O)c2cc3sccc3n2C[C@]1(C)C(=O)NC1CCC(C)CC1. The number of methoxy groups -OCH3 is 1. The van der Waals surface area contributed by atoms with Gasteiger partial charge in [-0.3, -0.25) is 9.59 Å². The van der Waals surface area contributed by atoms with Gasteiger partial charge in [-0.15, -0.1) is 11.3 Å². The molecule has 3 aromatic rings. The Morgan fingerprint density at radius 3 is 2.73 bits per heavy atom. The number of ether oxygens (including phenoxy) is 1. The van der Waals surface area contributed by atoms with Crippen LogP contribution in [0.5, 0.6) is 5.75 Å². The smallest absolute Gasteiger partial charge is 0.271 e. The van der Waals surface area contributed by atoms with E-state index in [1.54, 1.807) is 23.3 Å². The Bertz CT molecular complexity index is 1190. The molecule has 1 aromatic carbocycles. The van der Waals surface area contributed by atoms with Crippen LogP contribution in [0.3, 0.4) is 0 Å². The van der Waals surface area contributed by atoms with Gasteiger partial charge < -0.3 is 19.5 Å². The van der Waals surface area contributed by atoms with Gasteiger partial charge >= 0.3 is 0 Å². The molecule has 2 amide bonds. The minimum Gasteiger partial charge on any atom is -0.496 e. The quantitative estimate of drug-likeness (QED) is 0.588. The van der Waals surface area contributed by atoms with Crippen molar-refractivity contribution < 1.29 is 14.3 Å². The largest absolute Gasteiger partial charge is 0.496 e. The molecule has 0 spiro atoms. The molecule has 1 aliphatic carbocycles. The van der Waals surface area contributed by atoms with E-state index in [0.29, 0.717) is 24.7 Å². The second-order valence-electron chi connectivity index (χ2n) is 9.69. The number of hydrogen-bond donors (Lipinski definition) is 1. The van der Waals surface area contributed by atoms with Gasteiger partial charge in [-0.05, 0) is 62.1 Å². The van der Waals surface area contributed by atoms with Crippen LogP contribution >= 0.6 is 11.3 Å². The first-order valence-corrected chi connectivity index (χ1v) is 12.6. The number of para-hydroxylation sites is 1. The molecule has 7 heteroatoms. The highest BCUT2D eigenvalue weighted by molar-refractivity contribution is 7.17. The van der Waals surface area contributed by atoms with Crippen molar-refractivity contribution in [1.29, 1.82) is 0 Å². The molecule has 6 nitrogen and oxygen atoms in total. The third kappa shape index (κ3) is 3.82. The molecule has 1 fully saturated rings. The zero-order chi connectivity index (χ0) is 23.2. The summed E-state index contributed by atoms with van der Waals surface area (Å²) in [6.07, 6.45) is 4.24. The maximum absolute atomic E-state index is 13.8. The average Bonchev–Trinajstić information content (AvgIpc) is 3.41. The van der Waals surface area contributed by atoms with E-state index in [2.05, 4.69) is 12.2 Å². The van der Waals surface area contributed by atoms with Crippen LogP contribution in [0, 0.1) is 5.92 Å². The molecule has 5 rings (SSSR count). The van der Waals surface area contributed by atoms with Crippen molar-refractivity contribution in [2.75, 3.05) is 7.11 Å². The number of benzene rings is 1. The number of thiophene rings is 1. The van der Waals surface area contributed by atoms with Crippen LogP contribution in [0.1, 0.15) is 55.6 Å². The number of hydrogen-bond acceptors (Lipinski definition) is 4. The van der Waals surface area contributed by atoms with Crippen LogP contribution in [0.2, 0.25) is 0 Å². The van der Waals surface area contributed by atoms with Crippen molar-refractivity contribution in [3.8, 4) is 5.75 Å². The highest BCUT2D eigenvalue weighted by Crippen LogP contribution is 2.36. The Kier molecular flexibility index (Phi) is 5.69. The van der Waals surface area contributed by atoms with Crippen molar-refractivity contribution in [3.05, 3.63) is 53.0 Å². The van der Waals surface area contributed by atoms with Gasteiger partial charge in [0.15, 0.2) is 0 Å². The molecule has 33 heavy (non-hydrogen) atoms. The lowest BCUT2D eigenvalue weighted by Crippen LogP contribution is -2.64. The fourth-order valence-corrected chi connectivity index (χ4v) is 6.09. The summed E-state index contributed by atoms with van der Waals surface area (Å²) in [5.74, 6) is 1.23. The van der Waals surface area contributed by atoms with Gasteiger partial charge in [-0.2, -0.15) is 0 Å². The lowest BCUT2D eigenvalue weighted by molar-refractivity contribution is -0.134. The Labute approximate surface area is 198 Å². The van der Waals surface area contributed by atoms with Crippen molar-refractivity contribution in [1.82, 2.24) is 14.8 Å². The minimum absolute atomic E-state index is 0.0759. The summed E-state index contributed by atoms with van der Waals surface area (Å²) in [5, 5.41) is 5.34. The fraction of sp³-hybridized carbons (Fsp3) is 0.462. The maximum atomic E-state index is 13.8. The van der Waals surface area contributed by atoms with Gasteiger partial charge in [0, 0.05) is 11.6 Å².